The Bertz CT molecular complexity index is 843. The third-order valence-electron chi connectivity index (χ3n) is 4.98. The van der Waals surface area contributed by atoms with Crippen molar-refractivity contribution in [1.82, 2.24) is 5.32 Å². The van der Waals surface area contributed by atoms with Crippen LogP contribution in [0.3, 0.4) is 0 Å². The molecule has 0 bridgehead atoms. The number of aliphatic hydroxyl groups is 1. The van der Waals surface area contributed by atoms with Gasteiger partial charge in [-0.15, -0.1) is 0 Å². The molecule has 2 atom stereocenters. The van der Waals surface area contributed by atoms with E-state index >= 15 is 0 Å². The second-order valence-corrected chi connectivity index (χ2v) is 6.84. The van der Waals surface area contributed by atoms with Gasteiger partial charge < -0.3 is 20.3 Å². The largest absolute Gasteiger partial charge is 0.480 e. The van der Waals surface area contributed by atoms with Gasteiger partial charge in [-0.25, -0.2) is 18.4 Å². The predicted molar refractivity (Wildman–Crippen MR) is 101 cm³/mol. The molecule has 0 spiro atoms. The van der Waals surface area contributed by atoms with Crippen LogP contribution in [0, 0.1) is 0 Å². The van der Waals surface area contributed by atoms with Gasteiger partial charge in [-0.1, -0.05) is 48.5 Å². The van der Waals surface area contributed by atoms with Crippen LogP contribution >= 0.6 is 0 Å². The molecule has 2 aromatic rings. The van der Waals surface area contributed by atoms with Crippen molar-refractivity contribution >= 4 is 12.1 Å². The van der Waals surface area contributed by atoms with E-state index in [1.807, 2.05) is 48.5 Å². The summed E-state index contributed by atoms with van der Waals surface area (Å²) in [5.74, 6) is -1.57. The zero-order valence-corrected chi connectivity index (χ0v) is 15.4. The van der Waals surface area contributed by atoms with Crippen LogP contribution in [0.5, 0.6) is 0 Å². The Hall–Kier alpha value is -3.00. The normalized spacial score (nSPS) is 14.8. The van der Waals surface area contributed by atoms with E-state index in [0.717, 1.165) is 22.3 Å². The van der Waals surface area contributed by atoms with E-state index in [1.54, 1.807) is 0 Å². The number of aliphatic carboxylic acids is 1. The van der Waals surface area contributed by atoms with Crippen LogP contribution in [0.1, 0.15) is 29.9 Å². The van der Waals surface area contributed by atoms with Crippen LogP contribution in [0.4, 0.5) is 13.6 Å². The fourth-order valence-electron chi connectivity index (χ4n) is 3.50. The van der Waals surface area contributed by atoms with Crippen molar-refractivity contribution < 1.29 is 33.3 Å². The summed E-state index contributed by atoms with van der Waals surface area (Å²) in [6.45, 7) is 0.00581. The molecule has 154 valence electrons. The number of hydrogen-bond acceptors (Lipinski definition) is 4. The number of carboxylic acids is 1. The minimum atomic E-state index is -2.97. The Balaban J connectivity index is 1.62. The number of aliphatic hydroxyl groups excluding tert-OH is 1. The lowest BCUT2D eigenvalue weighted by atomic mass is 9.98. The Labute approximate surface area is 166 Å². The highest BCUT2D eigenvalue weighted by Gasteiger charge is 2.30. The summed E-state index contributed by atoms with van der Waals surface area (Å²) in [4.78, 5) is 23.4. The number of carbonyl (C=O) groups excluding carboxylic acids is 1. The molecule has 3 N–H and O–H groups in total. The molecular formula is C21H21F2NO5. The number of ether oxygens (including phenoxy) is 1. The Morgan fingerprint density at radius 3 is 2.07 bits per heavy atom. The number of alkyl carbamates (subject to hydrolysis) is 1. The zero-order valence-electron chi connectivity index (χ0n) is 15.4. The van der Waals surface area contributed by atoms with Crippen LogP contribution in [-0.4, -0.2) is 47.5 Å². The third-order valence-corrected chi connectivity index (χ3v) is 4.98. The average Bonchev–Trinajstić information content (AvgIpc) is 3.03. The molecule has 0 unspecified atom stereocenters. The molecule has 8 heteroatoms. The summed E-state index contributed by atoms with van der Waals surface area (Å²) in [7, 11) is 0. The first-order valence-electron chi connectivity index (χ1n) is 9.19. The summed E-state index contributed by atoms with van der Waals surface area (Å²) in [5.41, 5.74) is 4.13. The van der Waals surface area contributed by atoms with Gasteiger partial charge in [0.15, 0.2) is 0 Å². The van der Waals surface area contributed by atoms with Gasteiger partial charge in [0.25, 0.3) is 6.43 Å². The Morgan fingerprint density at radius 2 is 1.55 bits per heavy atom. The molecule has 0 saturated heterocycles. The molecule has 0 aliphatic heterocycles. The van der Waals surface area contributed by atoms with E-state index in [4.69, 9.17) is 9.84 Å². The standard InChI is InChI=1S/C21H21F2NO5/c22-19(23)18(25)10-9-17(20(26)27)24-21(28)29-11-16-14-7-3-1-5-12(14)13-6-2-4-8-15(13)16/h1-8,16-19,25H,9-11H2,(H,24,28)(H,26,27)/t17-,18-/m1/s1. The molecule has 1 aliphatic carbocycles. The minimum Gasteiger partial charge on any atom is -0.480 e. The van der Waals surface area contributed by atoms with Crippen molar-refractivity contribution in [3.05, 3.63) is 59.7 Å². The number of amides is 1. The molecule has 1 aliphatic rings. The quantitative estimate of drug-likeness (QED) is 0.626. The number of halogens is 2. The van der Waals surface area contributed by atoms with Crippen molar-refractivity contribution in [2.45, 2.75) is 37.3 Å². The lowest BCUT2D eigenvalue weighted by Gasteiger charge is -2.18. The first kappa shape index (κ1) is 20.7. The van der Waals surface area contributed by atoms with Gasteiger partial charge >= 0.3 is 12.1 Å². The maximum Gasteiger partial charge on any atom is 0.407 e. The van der Waals surface area contributed by atoms with Gasteiger partial charge in [0.05, 0.1) is 0 Å². The van der Waals surface area contributed by atoms with Crippen LogP contribution in [-0.2, 0) is 9.53 Å². The molecular weight excluding hydrogens is 384 g/mol. The molecule has 2 aromatic carbocycles. The summed E-state index contributed by atoms with van der Waals surface area (Å²) in [5, 5.41) is 20.5. The van der Waals surface area contributed by atoms with Gasteiger partial charge in [0.2, 0.25) is 0 Å². The van der Waals surface area contributed by atoms with Crippen LogP contribution < -0.4 is 5.32 Å². The molecule has 0 aromatic heterocycles. The van der Waals surface area contributed by atoms with E-state index in [0.29, 0.717) is 0 Å². The first-order valence-corrected chi connectivity index (χ1v) is 9.19. The summed E-state index contributed by atoms with van der Waals surface area (Å²) in [6.07, 6.45) is -6.67. The summed E-state index contributed by atoms with van der Waals surface area (Å²) >= 11 is 0. The smallest absolute Gasteiger partial charge is 0.407 e. The van der Waals surface area contributed by atoms with E-state index < -0.39 is 37.1 Å². The highest BCUT2D eigenvalue weighted by molar-refractivity contribution is 5.81. The highest BCUT2D eigenvalue weighted by atomic mass is 19.3. The summed E-state index contributed by atoms with van der Waals surface area (Å²) in [6, 6.07) is 14.1. The van der Waals surface area contributed by atoms with Crippen LogP contribution in [0.15, 0.2) is 48.5 Å². The third kappa shape index (κ3) is 4.71. The SMILES string of the molecule is O=C(N[C@H](CC[C@@H](O)C(F)F)C(=O)O)OCC1c2ccccc2-c2ccccc21. The maximum atomic E-state index is 12.4. The van der Waals surface area contributed by atoms with Gasteiger partial charge in [-0.2, -0.15) is 0 Å². The molecule has 6 nitrogen and oxygen atoms in total. The van der Waals surface area contributed by atoms with Crippen molar-refractivity contribution in [1.29, 1.82) is 0 Å². The predicted octanol–water partition coefficient (Wildman–Crippen LogP) is 3.38. The topological polar surface area (TPSA) is 95.9 Å². The first-order chi connectivity index (χ1) is 13.9. The van der Waals surface area contributed by atoms with Gasteiger partial charge in [-0.05, 0) is 35.1 Å². The second-order valence-electron chi connectivity index (χ2n) is 6.84. The van der Waals surface area contributed by atoms with Crippen molar-refractivity contribution in [3.63, 3.8) is 0 Å². The van der Waals surface area contributed by atoms with Crippen molar-refractivity contribution in [3.8, 4) is 11.1 Å². The number of nitrogens with one attached hydrogen (secondary N) is 1. The van der Waals surface area contributed by atoms with Crippen LogP contribution in [0.2, 0.25) is 0 Å². The van der Waals surface area contributed by atoms with E-state index in [9.17, 15) is 23.5 Å². The summed E-state index contributed by atoms with van der Waals surface area (Å²) < 4.78 is 30.0. The Kier molecular flexibility index (Phi) is 6.43. The lowest BCUT2D eigenvalue weighted by Crippen LogP contribution is -2.42. The second kappa shape index (κ2) is 9.00. The fourth-order valence-corrected chi connectivity index (χ4v) is 3.50. The minimum absolute atomic E-state index is 0.00581. The number of carbonyl (C=O) groups is 2. The number of hydrogen-bond donors (Lipinski definition) is 3. The van der Waals surface area contributed by atoms with Crippen molar-refractivity contribution in [2.24, 2.45) is 0 Å². The number of fused-ring (bicyclic) bond motifs is 3. The van der Waals surface area contributed by atoms with Crippen LogP contribution in [0.25, 0.3) is 11.1 Å². The molecule has 0 radical (unpaired) electrons. The number of rotatable bonds is 8. The Morgan fingerprint density at radius 1 is 1.00 bits per heavy atom. The molecule has 29 heavy (non-hydrogen) atoms. The van der Waals surface area contributed by atoms with E-state index in [2.05, 4.69) is 5.32 Å². The molecule has 0 fully saturated rings. The van der Waals surface area contributed by atoms with E-state index in [-0.39, 0.29) is 18.9 Å². The lowest BCUT2D eigenvalue weighted by molar-refractivity contribution is -0.139. The number of benzene rings is 2. The van der Waals surface area contributed by atoms with Gasteiger partial charge in [-0.3, -0.25) is 0 Å². The zero-order chi connectivity index (χ0) is 21.0. The monoisotopic (exact) mass is 405 g/mol. The maximum absolute atomic E-state index is 12.4. The number of alkyl halides is 2. The molecule has 0 saturated carbocycles. The molecule has 1 amide bonds. The van der Waals surface area contributed by atoms with E-state index in [1.165, 1.54) is 0 Å². The van der Waals surface area contributed by atoms with Crippen molar-refractivity contribution in [2.75, 3.05) is 6.61 Å². The highest BCUT2D eigenvalue weighted by Crippen LogP contribution is 2.44. The average molecular weight is 405 g/mol. The fraction of sp³-hybridized carbons (Fsp3) is 0.333. The molecule has 3 rings (SSSR count). The van der Waals surface area contributed by atoms with Gasteiger partial charge in [0.1, 0.15) is 18.8 Å². The molecule has 0 heterocycles. The van der Waals surface area contributed by atoms with Gasteiger partial charge in [0, 0.05) is 5.92 Å². The number of carboxylic acid groups (broad SMARTS) is 1.